The summed E-state index contributed by atoms with van der Waals surface area (Å²) in [5.74, 6) is -0.106. The molecule has 0 aliphatic carbocycles. The van der Waals surface area contributed by atoms with Gasteiger partial charge < -0.3 is 15.0 Å². The Kier molecular flexibility index (Phi) is 4.68. The van der Waals surface area contributed by atoms with E-state index < -0.39 is 0 Å². The molecule has 1 heterocycles. The van der Waals surface area contributed by atoms with Crippen molar-refractivity contribution in [3.63, 3.8) is 0 Å². The third kappa shape index (κ3) is 2.67. The molecule has 0 radical (unpaired) electrons. The molecular weight excluding hydrogens is 276 g/mol. The summed E-state index contributed by atoms with van der Waals surface area (Å²) in [6.45, 7) is 5.21. The van der Waals surface area contributed by atoms with Crippen LogP contribution in [0.1, 0.15) is 29.4 Å². The molecule has 0 atom stereocenters. The van der Waals surface area contributed by atoms with Crippen LogP contribution < -0.4 is 5.32 Å². The molecule has 0 aliphatic heterocycles. The van der Waals surface area contributed by atoms with Gasteiger partial charge in [0.15, 0.2) is 0 Å². The number of aryl methyl sites for hydroxylation is 2. The molecule has 0 saturated carbocycles. The number of carbonyl (C=O) groups excluding carboxylic acids is 1. The van der Waals surface area contributed by atoms with Gasteiger partial charge in [0.2, 0.25) is 0 Å². The number of benzene rings is 1. The van der Waals surface area contributed by atoms with Crippen LogP contribution in [0.4, 0.5) is 0 Å². The van der Waals surface area contributed by atoms with Crippen LogP contribution in [0.2, 0.25) is 5.02 Å². The minimum atomic E-state index is -0.106. The third-order valence-electron chi connectivity index (χ3n) is 3.43. The molecule has 0 bridgehead atoms. The van der Waals surface area contributed by atoms with Gasteiger partial charge in [-0.25, -0.2) is 0 Å². The Balaban J connectivity index is 2.46. The fourth-order valence-electron chi connectivity index (χ4n) is 2.48. The maximum Gasteiger partial charge on any atom is 0.268 e. The molecule has 0 saturated heterocycles. The van der Waals surface area contributed by atoms with Gasteiger partial charge in [-0.05, 0) is 44.0 Å². The van der Waals surface area contributed by atoms with E-state index in [9.17, 15) is 4.79 Å². The number of aromatic nitrogens is 1. The molecule has 2 rings (SSSR count). The third-order valence-corrected chi connectivity index (χ3v) is 3.67. The largest absolute Gasteiger partial charge is 0.396 e. The zero-order valence-corrected chi connectivity index (χ0v) is 12.5. The van der Waals surface area contributed by atoms with Gasteiger partial charge in [0.25, 0.3) is 5.91 Å². The maximum absolute atomic E-state index is 12.3. The van der Waals surface area contributed by atoms with Crippen molar-refractivity contribution in [2.45, 2.75) is 26.8 Å². The summed E-state index contributed by atoms with van der Waals surface area (Å²) < 4.78 is 2.00. The fraction of sp³-hybridized carbons (Fsp3) is 0.400. The van der Waals surface area contributed by atoms with Crippen LogP contribution in [0.15, 0.2) is 18.2 Å². The van der Waals surface area contributed by atoms with Crippen LogP contribution in [-0.4, -0.2) is 28.7 Å². The number of hydrogen-bond donors (Lipinski definition) is 2. The van der Waals surface area contributed by atoms with E-state index in [0.717, 1.165) is 16.5 Å². The molecule has 2 N–H and O–H groups in total. The molecule has 20 heavy (non-hydrogen) atoms. The van der Waals surface area contributed by atoms with Crippen LogP contribution >= 0.6 is 11.6 Å². The lowest BCUT2D eigenvalue weighted by Gasteiger charge is -2.09. The molecule has 108 valence electrons. The van der Waals surface area contributed by atoms with Crippen molar-refractivity contribution in [1.29, 1.82) is 0 Å². The van der Waals surface area contributed by atoms with Crippen LogP contribution in [0.3, 0.4) is 0 Å². The Morgan fingerprint density at radius 2 is 2.20 bits per heavy atom. The molecule has 4 nitrogen and oxygen atoms in total. The number of nitrogens with one attached hydrogen (secondary N) is 1. The zero-order chi connectivity index (χ0) is 14.7. The fourth-order valence-corrected chi connectivity index (χ4v) is 2.65. The average Bonchev–Trinajstić information content (AvgIpc) is 2.71. The number of amides is 1. The average molecular weight is 295 g/mol. The van der Waals surface area contributed by atoms with E-state index in [1.807, 2.05) is 36.6 Å². The van der Waals surface area contributed by atoms with Crippen molar-refractivity contribution in [1.82, 2.24) is 9.88 Å². The molecule has 2 aromatic rings. The van der Waals surface area contributed by atoms with Gasteiger partial charge in [0.1, 0.15) is 5.69 Å². The topological polar surface area (TPSA) is 54.3 Å². The van der Waals surface area contributed by atoms with Gasteiger partial charge in [0, 0.05) is 35.6 Å². The summed E-state index contributed by atoms with van der Waals surface area (Å²) in [5, 5.41) is 13.3. The number of hydrogen-bond acceptors (Lipinski definition) is 2. The van der Waals surface area contributed by atoms with Gasteiger partial charge in [-0.3, -0.25) is 4.79 Å². The van der Waals surface area contributed by atoms with Gasteiger partial charge in [0.05, 0.1) is 0 Å². The highest BCUT2D eigenvalue weighted by Gasteiger charge is 2.19. The standard InChI is InChI=1S/C15H19ClN2O2/c1-3-18-13-6-5-11(16)9-12(13)10(2)14(18)15(20)17-7-4-8-19/h5-6,9,19H,3-4,7-8H2,1-2H3,(H,17,20). The summed E-state index contributed by atoms with van der Waals surface area (Å²) in [6.07, 6.45) is 0.559. The first-order valence-electron chi connectivity index (χ1n) is 6.77. The van der Waals surface area contributed by atoms with E-state index in [4.69, 9.17) is 16.7 Å². The van der Waals surface area contributed by atoms with Crippen LogP contribution in [0.5, 0.6) is 0 Å². The highest BCUT2D eigenvalue weighted by atomic mass is 35.5. The number of rotatable bonds is 5. The van der Waals surface area contributed by atoms with E-state index in [0.29, 0.717) is 30.2 Å². The highest BCUT2D eigenvalue weighted by Crippen LogP contribution is 2.28. The molecule has 0 spiro atoms. The van der Waals surface area contributed by atoms with Crippen LogP contribution in [-0.2, 0) is 6.54 Å². The predicted octanol–water partition coefficient (Wildman–Crippen LogP) is 2.74. The second-order valence-corrected chi connectivity index (χ2v) is 5.15. The minimum Gasteiger partial charge on any atom is -0.396 e. The Labute approximate surface area is 123 Å². The van der Waals surface area contributed by atoms with Crippen molar-refractivity contribution in [3.05, 3.63) is 34.5 Å². The lowest BCUT2D eigenvalue weighted by Crippen LogP contribution is -2.27. The SMILES string of the molecule is CCn1c(C(=O)NCCCO)c(C)c2cc(Cl)ccc21. The first-order valence-corrected chi connectivity index (χ1v) is 7.15. The monoisotopic (exact) mass is 294 g/mol. The molecule has 0 fully saturated rings. The van der Waals surface area contributed by atoms with Gasteiger partial charge in [-0.1, -0.05) is 11.6 Å². The predicted molar refractivity (Wildman–Crippen MR) is 81.4 cm³/mol. The molecule has 5 heteroatoms. The molecule has 0 aliphatic rings. The van der Waals surface area contributed by atoms with Crippen LogP contribution in [0, 0.1) is 6.92 Å². The highest BCUT2D eigenvalue weighted by molar-refractivity contribution is 6.31. The normalized spacial score (nSPS) is 11.0. The van der Waals surface area contributed by atoms with E-state index in [1.54, 1.807) is 0 Å². The zero-order valence-electron chi connectivity index (χ0n) is 11.7. The first-order chi connectivity index (χ1) is 9.60. The Hall–Kier alpha value is -1.52. The Morgan fingerprint density at radius 3 is 2.85 bits per heavy atom. The molecule has 0 unspecified atom stereocenters. The van der Waals surface area contributed by atoms with Crippen molar-refractivity contribution in [3.8, 4) is 0 Å². The lowest BCUT2D eigenvalue weighted by molar-refractivity contribution is 0.0942. The number of halogens is 1. The number of nitrogens with zero attached hydrogens (tertiary/aromatic N) is 1. The van der Waals surface area contributed by atoms with Crippen molar-refractivity contribution in [2.75, 3.05) is 13.2 Å². The summed E-state index contributed by atoms with van der Waals surface area (Å²) in [4.78, 5) is 12.3. The van der Waals surface area contributed by atoms with E-state index in [2.05, 4.69) is 5.32 Å². The van der Waals surface area contributed by atoms with Gasteiger partial charge >= 0.3 is 0 Å². The van der Waals surface area contributed by atoms with Gasteiger partial charge in [-0.2, -0.15) is 0 Å². The molecule has 1 aromatic heterocycles. The molecular formula is C15H19ClN2O2. The summed E-state index contributed by atoms with van der Waals surface area (Å²) in [5.41, 5.74) is 2.62. The second-order valence-electron chi connectivity index (χ2n) is 4.71. The Bertz CT molecular complexity index is 634. The summed E-state index contributed by atoms with van der Waals surface area (Å²) >= 11 is 6.04. The van der Waals surface area contributed by atoms with Crippen molar-refractivity contribution in [2.24, 2.45) is 0 Å². The minimum absolute atomic E-state index is 0.0750. The summed E-state index contributed by atoms with van der Waals surface area (Å²) in [7, 11) is 0. The van der Waals surface area contributed by atoms with Gasteiger partial charge in [-0.15, -0.1) is 0 Å². The Morgan fingerprint density at radius 1 is 1.45 bits per heavy atom. The van der Waals surface area contributed by atoms with Crippen molar-refractivity contribution >= 4 is 28.4 Å². The quantitative estimate of drug-likeness (QED) is 0.833. The lowest BCUT2D eigenvalue weighted by atomic mass is 10.1. The smallest absolute Gasteiger partial charge is 0.268 e. The van der Waals surface area contributed by atoms with Crippen LogP contribution in [0.25, 0.3) is 10.9 Å². The van der Waals surface area contributed by atoms with Crippen molar-refractivity contribution < 1.29 is 9.90 Å². The number of fused-ring (bicyclic) bond motifs is 1. The summed E-state index contributed by atoms with van der Waals surface area (Å²) in [6, 6.07) is 5.67. The first kappa shape index (κ1) is 14.9. The maximum atomic E-state index is 12.3. The van der Waals surface area contributed by atoms with E-state index in [-0.39, 0.29) is 12.5 Å². The molecule has 1 amide bonds. The molecule has 1 aromatic carbocycles. The number of carbonyl (C=O) groups is 1. The number of aliphatic hydroxyl groups is 1. The number of aliphatic hydroxyl groups excluding tert-OH is 1. The second kappa shape index (κ2) is 6.29. The van der Waals surface area contributed by atoms with E-state index >= 15 is 0 Å². The van der Waals surface area contributed by atoms with E-state index in [1.165, 1.54) is 0 Å².